The molecule has 3 rings (SSSR count). The van der Waals surface area contributed by atoms with Gasteiger partial charge in [0.15, 0.2) is 5.78 Å². The standard InChI is InChI=1S/C17H18N2O2/c1-12(20)14-9-16(18-10-14)17(21)19(15-7-8-15)11-13-5-3-2-4-6-13/h2-6,9-10,15,18H,7-8,11H2,1H3. The van der Waals surface area contributed by atoms with E-state index in [1.54, 1.807) is 12.3 Å². The number of rotatable bonds is 5. The molecule has 0 unspecified atom stereocenters. The Morgan fingerprint density at radius 1 is 1.24 bits per heavy atom. The zero-order valence-electron chi connectivity index (χ0n) is 12.0. The van der Waals surface area contributed by atoms with Crippen molar-refractivity contribution >= 4 is 11.7 Å². The lowest BCUT2D eigenvalue weighted by Gasteiger charge is -2.22. The molecule has 2 aromatic rings. The highest BCUT2D eigenvalue weighted by atomic mass is 16.2. The lowest BCUT2D eigenvalue weighted by Crippen LogP contribution is -2.32. The Hall–Kier alpha value is -2.36. The van der Waals surface area contributed by atoms with Crippen molar-refractivity contribution in [2.24, 2.45) is 0 Å². The normalized spacial score (nSPS) is 14.0. The number of benzene rings is 1. The van der Waals surface area contributed by atoms with E-state index in [-0.39, 0.29) is 11.7 Å². The minimum atomic E-state index is -0.0358. The van der Waals surface area contributed by atoms with Crippen molar-refractivity contribution in [2.45, 2.75) is 32.4 Å². The first-order chi connectivity index (χ1) is 10.1. The highest BCUT2D eigenvalue weighted by molar-refractivity contribution is 5.99. The van der Waals surface area contributed by atoms with Crippen LogP contribution in [0.25, 0.3) is 0 Å². The molecular formula is C17H18N2O2. The molecule has 1 saturated carbocycles. The van der Waals surface area contributed by atoms with E-state index in [0.29, 0.717) is 23.8 Å². The van der Waals surface area contributed by atoms with Gasteiger partial charge < -0.3 is 9.88 Å². The van der Waals surface area contributed by atoms with E-state index < -0.39 is 0 Å². The first-order valence-corrected chi connectivity index (χ1v) is 7.19. The summed E-state index contributed by atoms with van der Waals surface area (Å²) >= 11 is 0. The predicted molar refractivity (Wildman–Crippen MR) is 80.1 cm³/mol. The lowest BCUT2D eigenvalue weighted by atomic mass is 10.2. The van der Waals surface area contributed by atoms with Gasteiger partial charge in [-0.15, -0.1) is 0 Å². The Balaban J connectivity index is 1.80. The number of carbonyl (C=O) groups is 2. The van der Waals surface area contributed by atoms with Gasteiger partial charge in [0.05, 0.1) is 0 Å². The minimum absolute atomic E-state index is 0.0335. The van der Waals surface area contributed by atoms with Gasteiger partial charge in [-0.3, -0.25) is 9.59 Å². The van der Waals surface area contributed by atoms with E-state index >= 15 is 0 Å². The van der Waals surface area contributed by atoms with Gasteiger partial charge in [0.1, 0.15) is 5.69 Å². The van der Waals surface area contributed by atoms with Gasteiger partial charge in [-0.1, -0.05) is 30.3 Å². The molecule has 1 aliphatic rings. The quantitative estimate of drug-likeness (QED) is 0.857. The van der Waals surface area contributed by atoms with Gasteiger partial charge in [0.25, 0.3) is 5.91 Å². The maximum atomic E-state index is 12.6. The zero-order valence-corrected chi connectivity index (χ0v) is 12.0. The summed E-state index contributed by atoms with van der Waals surface area (Å²) in [7, 11) is 0. The van der Waals surface area contributed by atoms with Crippen LogP contribution in [0.2, 0.25) is 0 Å². The fourth-order valence-corrected chi connectivity index (χ4v) is 2.41. The van der Waals surface area contributed by atoms with E-state index in [1.807, 2.05) is 35.2 Å². The summed E-state index contributed by atoms with van der Waals surface area (Å²) in [6.45, 7) is 2.11. The Kier molecular flexibility index (Phi) is 3.60. The summed E-state index contributed by atoms with van der Waals surface area (Å²) in [6.07, 6.45) is 3.71. The average Bonchev–Trinajstić information content (AvgIpc) is 3.20. The Labute approximate surface area is 123 Å². The summed E-state index contributed by atoms with van der Waals surface area (Å²) in [6, 6.07) is 11.9. The number of carbonyl (C=O) groups excluding carboxylic acids is 2. The maximum Gasteiger partial charge on any atom is 0.270 e. The fourth-order valence-electron chi connectivity index (χ4n) is 2.41. The SMILES string of the molecule is CC(=O)c1c[nH]c(C(=O)N(Cc2ccccc2)C2CC2)c1. The van der Waals surface area contributed by atoms with Crippen LogP contribution in [-0.2, 0) is 6.54 Å². The molecule has 0 aliphatic heterocycles. The first-order valence-electron chi connectivity index (χ1n) is 7.19. The number of aromatic amines is 1. The summed E-state index contributed by atoms with van der Waals surface area (Å²) in [5.41, 5.74) is 2.16. The van der Waals surface area contributed by atoms with Gasteiger partial charge in [0, 0.05) is 24.3 Å². The van der Waals surface area contributed by atoms with E-state index in [4.69, 9.17) is 0 Å². The van der Waals surface area contributed by atoms with E-state index in [0.717, 1.165) is 18.4 Å². The van der Waals surface area contributed by atoms with Gasteiger partial charge in [0.2, 0.25) is 0 Å². The molecule has 108 valence electrons. The average molecular weight is 282 g/mol. The third-order valence-electron chi connectivity index (χ3n) is 3.76. The molecule has 0 saturated heterocycles. The molecule has 4 nitrogen and oxygen atoms in total. The largest absolute Gasteiger partial charge is 0.356 e. The van der Waals surface area contributed by atoms with Crippen LogP contribution in [0.1, 0.15) is 46.2 Å². The molecule has 1 aliphatic carbocycles. The molecular weight excluding hydrogens is 264 g/mol. The van der Waals surface area contributed by atoms with Crippen molar-refractivity contribution in [3.63, 3.8) is 0 Å². The number of hydrogen-bond donors (Lipinski definition) is 1. The summed E-state index contributed by atoms with van der Waals surface area (Å²) < 4.78 is 0. The molecule has 4 heteroatoms. The monoisotopic (exact) mass is 282 g/mol. The van der Waals surface area contributed by atoms with Gasteiger partial charge in [-0.2, -0.15) is 0 Å². The Morgan fingerprint density at radius 3 is 2.52 bits per heavy atom. The van der Waals surface area contributed by atoms with Crippen LogP contribution in [0.5, 0.6) is 0 Å². The van der Waals surface area contributed by atoms with Crippen molar-refractivity contribution in [3.8, 4) is 0 Å². The molecule has 21 heavy (non-hydrogen) atoms. The van der Waals surface area contributed by atoms with Crippen LogP contribution < -0.4 is 0 Å². The molecule has 1 amide bonds. The predicted octanol–water partition coefficient (Wildman–Crippen LogP) is 3.02. The Bertz CT molecular complexity index is 656. The smallest absolute Gasteiger partial charge is 0.270 e. The van der Waals surface area contributed by atoms with Gasteiger partial charge in [-0.25, -0.2) is 0 Å². The van der Waals surface area contributed by atoms with Crippen LogP contribution in [0, 0.1) is 0 Å². The number of H-pyrrole nitrogens is 1. The Morgan fingerprint density at radius 2 is 1.95 bits per heavy atom. The third-order valence-corrected chi connectivity index (χ3v) is 3.76. The van der Waals surface area contributed by atoms with Crippen molar-refractivity contribution in [1.29, 1.82) is 0 Å². The van der Waals surface area contributed by atoms with Crippen LogP contribution in [-0.4, -0.2) is 27.6 Å². The van der Waals surface area contributed by atoms with Crippen LogP contribution in [0.4, 0.5) is 0 Å². The molecule has 1 fully saturated rings. The lowest BCUT2D eigenvalue weighted by molar-refractivity contribution is 0.0724. The third kappa shape index (κ3) is 3.05. The number of Topliss-reactive ketones (excluding diaryl/α,β-unsaturated/α-hetero) is 1. The second-order valence-electron chi connectivity index (χ2n) is 5.51. The molecule has 0 radical (unpaired) electrons. The first kappa shape index (κ1) is 13.6. The second kappa shape index (κ2) is 5.56. The molecule has 0 bridgehead atoms. The highest BCUT2D eigenvalue weighted by Gasteiger charge is 2.33. The molecule has 1 heterocycles. The van der Waals surface area contributed by atoms with Crippen LogP contribution in [0.3, 0.4) is 0 Å². The number of aromatic nitrogens is 1. The van der Waals surface area contributed by atoms with Crippen molar-refractivity contribution in [1.82, 2.24) is 9.88 Å². The van der Waals surface area contributed by atoms with Crippen LogP contribution in [0.15, 0.2) is 42.6 Å². The molecule has 1 N–H and O–H groups in total. The number of ketones is 1. The zero-order chi connectivity index (χ0) is 14.8. The fraction of sp³-hybridized carbons (Fsp3) is 0.294. The number of nitrogens with zero attached hydrogens (tertiary/aromatic N) is 1. The van der Waals surface area contributed by atoms with Gasteiger partial charge in [-0.05, 0) is 31.4 Å². The van der Waals surface area contributed by atoms with Crippen molar-refractivity contribution < 1.29 is 9.59 Å². The maximum absolute atomic E-state index is 12.6. The minimum Gasteiger partial charge on any atom is -0.356 e. The van der Waals surface area contributed by atoms with Crippen molar-refractivity contribution in [3.05, 3.63) is 59.4 Å². The molecule has 1 aromatic heterocycles. The highest BCUT2D eigenvalue weighted by Crippen LogP contribution is 2.29. The van der Waals surface area contributed by atoms with Crippen LogP contribution >= 0.6 is 0 Å². The van der Waals surface area contributed by atoms with E-state index in [2.05, 4.69) is 4.98 Å². The topological polar surface area (TPSA) is 53.2 Å². The number of amides is 1. The van der Waals surface area contributed by atoms with E-state index in [1.165, 1.54) is 6.92 Å². The summed E-state index contributed by atoms with van der Waals surface area (Å²) in [5.74, 6) is -0.0693. The summed E-state index contributed by atoms with van der Waals surface area (Å²) in [5, 5.41) is 0. The van der Waals surface area contributed by atoms with Crippen molar-refractivity contribution in [2.75, 3.05) is 0 Å². The molecule has 0 spiro atoms. The number of hydrogen-bond acceptors (Lipinski definition) is 2. The molecule has 1 aromatic carbocycles. The van der Waals surface area contributed by atoms with E-state index in [9.17, 15) is 9.59 Å². The van der Waals surface area contributed by atoms with Gasteiger partial charge >= 0.3 is 0 Å². The summed E-state index contributed by atoms with van der Waals surface area (Å²) in [4.78, 5) is 28.8. The second-order valence-corrected chi connectivity index (χ2v) is 5.51. The molecule has 0 atom stereocenters. The number of nitrogens with one attached hydrogen (secondary N) is 1.